The van der Waals surface area contributed by atoms with Crippen molar-refractivity contribution in [3.63, 3.8) is 0 Å². The third-order valence-corrected chi connectivity index (χ3v) is 1.15. The van der Waals surface area contributed by atoms with Crippen LogP contribution in [0.5, 0.6) is 0 Å². The largest absolute Gasteiger partial charge is 0.383 e. The van der Waals surface area contributed by atoms with Gasteiger partial charge in [-0.3, -0.25) is 0 Å². The van der Waals surface area contributed by atoms with Crippen LogP contribution in [0.4, 0.5) is 0 Å². The molecule has 0 aromatic carbocycles. The quantitative estimate of drug-likeness (QED) is 0.313. The Kier molecular flexibility index (Phi) is 3.93. The Morgan fingerprint density at radius 1 is 1.56 bits per heavy atom. The van der Waals surface area contributed by atoms with Gasteiger partial charge in [0.1, 0.15) is 12.8 Å². The smallest absolute Gasteiger partial charge is 0.220 e. The van der Waals surface area contributed by atoms with Gasteiger partial charge in [0, 0.05) is 6.42 Å². The summed E-state index contributed by atoms with van der Waals surface area (Å²) in [5.74, 6) is 0.124. The number of carbonyl (C=O) groups excluding carboxylic acids is 1. The Morgan fingerprint density at radius 2 is 2.11 bits per heavy atom. The summed E-state index contributed by atoms with van der Waals surface area (Å²) in [6.45, 7) is 6.35. The SMILES string of the molecule is CC(=O)/[N+](=[13CH]/[13CH2][13CH3])[13CH2][13CH3]. The van der Waals surface area contributed by atoms with Crippen molar-refractivity contribution in [1.82, 2.24) is 0 Å². The number of nitrogens with zero attached hydrogens (tertiary/aromatic N) is 1. The Morgan fingerprint density at radius 3 is 2.22 bits per heavy atom. The lowest BCUT2D eigenvalue weighted by Gasteiger charge is -1.89. The minimum absolute atomic E-state index is 0.124. The van der Waals surface area contributed by atoms with Gasteiger partial charge in [0.05, 0.1) is 6.92 Å². The van der Waals surface area contributed by atoms with E-state index in [4.69, 9.17) is 0 Å². The molecule has 0 N–H and O–H groups in total. The third kappa shape index (κ3) is 3.01. The highest BCUT2D eigenvalue weighted by Gasteiger charge is 2.04. The van der Waals surface area contributed by atoms with Crippen LogP contribution < -0.4 is 0 Å². The lowest BCUT2D eigenvalue weighted by molar-refractivity contribution is -0.440. The summed E-state index contributed by atoms with van der Waals surface area (Å²) in [7, 11) is 0. The van der Waals surface area contributed by atoms with E-state index >= 15 is 0 Å². The van der Waals surface area contributed by atoms with Crippen LogP contribution in [0.2, 0.25) is 0 Å². The molecule has 0 atom stereocenters. The molecule has 0 saturated heterocycles. The second-order valence-corrected chi connectivity index (χ2v) is 1.90. The minimum Gasteiger partial charge on any atom is -0.220 e. The molecule has 0 aromatic rings. The first-order chi connectivity index (χ1) is 4.22. The van der Waals surface area contributed by atoms with Crippen LogP contribution in [-0.4, -0.2) is 23.2 Å². The number of rotatable bonds is 2. The van der Waals surface area contributed by atoms with Gasteiger partial charge in [0.15, 0.2) is 0 Å². The highest BCUT2D eigenvalue weighted by atomic mass is 16.2. The zero-order chi connectivity index (χ0) is 7.28. The topological polar surface area (TPSA) is 20.1 Å². The Hall–Kier alpha value is -0.660. The van der Waals surface area contributed by atoms with Crippen molar-refractivity contribution >= 4 is 12.1 Å². The molecule has 0 aliphatic rings. The van der Waals surface area contributed by atoms with E-state index in [0.29, 0.717) is 0 Å². The van der Waals surface area contributed by atoms with Gasteiger partial charge in [-0.25, -0.2) is 4.79 Å². The highest BCUT2D eigenvalue weighted by Crippen LogP contribution is 1.76. The van der Waals surface area contributed by atoms with Crippen LogP contribution in [0.1, 0.15) is 27.2 Å². The molecule has 0 unspecified atom stereocenters. The number of amides is 1. The van der Waals surface area contributed by atoms with Gasteiger partial charge in [-0.2, -0.15) is 4.58 Å². The molecule has 0 bridgehead atoms. The molecule has 0 spiro atoms. The fourth-order valence-electron chi connectivity index (χ4n) is 0.701. The maximum Gasteiger partial charge on any atom is 0.383 e. The molecule has 0 radical (unpaired) electrons. The van der Waals surface area contributed by atoms with Crippen LogP contribution in [-0.2, 0) is 4.79 Å². The molecule has 52 valence electrons. The molecule has 2 heteroatoms. The summed E-state index contributed by atoms with van der Waals surface area (Å²) in [5, 5.41) is 0. The van der Waals surface area contributed by atoms with Crippen molar-refractivity contribution in [1.29, 1.82) is 0 Å². The van der Waals surface area contributed by atoms with Gasteiger partial charge in [-0.1, -0.05) is 6.92 Å². The van der Waals surface area contributed by atoms with Crippen LogP contribution >= 0.6 is 0 Å². The summed E-state index contributed by atoms with van der Waals surface area (Å²) in [4.78, 5) is 10.7. The van der Waals surface area contributed by atoms with E-state index in [1.165, 1.54) is 0 Å². The Labute approximate surface area is 56.2 Å². The Bertz CT molecular complexity index is 127. The summed E-state index contributed by atoms with van der Waals surface area (Å²) in [5.41, 5.74) is 0. The normalized spacial score (nSPS) is 11.7. The fraction of sp³-hybridized carbons (Fsp3) is 0.714. The second-order valence-electron chi connectivity index (χ2n) is 1.90. The molecule has 0 fully saturated rings. The van der Waals surface area contributed by atoms with E-state index in [1.807, 2.05) is 20.1 Å². The van der Waals surface area contributed by atoms with Gasteiger partial charge in [-0.15, -0.1) is 0 Å². The first-order valence-corrected chi connectivity index (χ1v) is 3.32. The number of hydrogen-bond donors (Lipinski definition) is 0. The van der Waals surface area contributed by atoms with Gasteiger partial charge < -0.3 is 0 Å². The zero-order valence-corrected chi connectivity index (χ0v) is 6.35. The monoisotopic (exact) mass is 133 g/mol. The van der Waals surface area contributed by atoms with Crippen molar-refractivity contribution in [2.24, 2.45) is 0 Å². The van der Waals surface area contributed by atoms with Crippen LogP contribution in [0, 0.1) is 0 Å². The zero-order valence-electron chi connectivity index (χ0n) is 6.35. The average molecular weight is 133 g/mol. The van der Waals surface area contributed by atoms with Crippen LogP contribution in [0.15, 0.2) is 0 Å². The Balaban J connectivity index is 3.98. The van der Waals surface area contributed by atoms with Gasteiger partial charge in [0.2, 0.25) is 0 Å². The van der Waals surface area contributed by atoms with Crippen molar-refractivity contribution in [2.45, 2.75) is 27.2 Å². The van der Waals surface area contributed by atoms with Crippen molar-refractivity contribution in [3.8, 4) is 0 Å². The van der Waals surface area contributed by atoms with Crippen LogP contribution in [0.3, 0.4) is 0 Å². The third-order valence-electron chi connectivity index (χ3n) is 1.15. The molecular weight excluding hydrogens is 119 g/mol. The van der Waals surface area contributed by atoms with Crippen molar-refractivity contribution < 1.29 is 9.37 Å². The van der Waals surface area contributed by atoms with E-state index in [2.05, 4.69) is 0 Å². The average Bonchev–Trinajstić information content (AvgIpc) is 1.82. The van der Waals surface area contributed by atoms with E-state index in [1.54, 1.807) is 11.5 Å². The highest BCUT2D eigenvalue weighted by molar-refractivity contribution is 5.69. The molecule has 1 amide bonds. The predicted molar refractivity (Wildman–Crippen MR) is 37.8 cm³/mol. The maximum atomic E-state index is 10.7. The van der Waals surface area contributed by atoms with Gasteiger partial charge in [0.25, 0.3) is 0 Å². The van der Waals surface area contributed by atoms with Crippen molar-refractivity contribution in [3.05, 3.63) is 0 Å². The van der Waals surface area contributed by atoms with E-state index in [9.17, 15) is 4.79 Å². The molecule has 0 saturated carbocycles. The maximum absolute atomic E-state index is 10.7. The van der Waals surface area contributed by atoms with E-state index < -0.39 is 0 Å². The lowest BCUT2D eigenvalue weighted by atomic mass is 10.7. The van der Waals surface area contributed by atoms with Crippen molar-refractivity contribution in [2.75, 3.05) is 6.54 Å². The molecule has 0 aromatic heterocycles. The van der Waals surface area contributed by atoms with E-state index in [0.717, 1.165) is 13.0 Å². The minimum atomic E-state index is 0.124. The summed E-state index contributed by atoms with van der Waals surface area (Å²) >= 11 is 0. The predicted octanol–water partition coefficient (Wildman–Crippen LogP) is 1.05. The summed E-state index contributed by atoms with van der Waals surface area (Å²) in [6, 6.07) is 0. The second kappa shape index (κ2) is 4.24. The fourth-order valence-corrected chi connectivity index (χ4v) is 0.701. The first kappa shape index (κ1) is 8.34. The molecule has 0 aliphatic heterocycles. The molecule has 2 nitrogen and oxygen atoms in total. The van der Waals surface area contributed by atoms with Crippen LogP contribution in [0.25, 0.3) is 0 Å². The first-order valence-electron chi connectivity index (χ1n) is 3.32. The molecule has 9 heavy (non-hydrogen) atoms. The standard InChI is InChI=1S/C7H14NO/c1-4-6-8(5-2)7(3)9/h6H,4-5H2,1-3H3/q+1/b8-6+/i1+1,2+1,4+1,5+1,6+1. The molecule has 0 heterocycles. The van der Waals surface area contributed by atoms with Gasteiger partial charge in [-0.05, 0) is 6.92 Å². The van der Waals surface area contributed by atoms with Gasteiger partial charge >= 0.3 is 5.91 Å². The summed E-state index contributed by atoms with van der Waals surface area (Å²) in [6.07, 6.45) is 2.83. The number of carbonyl (C=O) groups is 1. The molecular formula is C7H14NO+. The molecule has 0 rings (SSSR count). The summed E-state index contributed by atoms with van der Waals surface area (Å²) < 4.78 is 1.71. The molecule has 0 aliphatic carbocycles. The van der Waals surface area contributed by atoms with E-state index in [-0.39, 0.29) is 5.91 Å². The number of hydrogen-bond acceptors (Lipinski definition) is 1. The lowest BCUT2D eigenvalue weighted by Crippen LogP contribution is -2.17.